The molecule has 3 rings (SSSR count). The molecule has 1 aromatic rings. The molecule has 2 aliphatic rings. The van der Waals surface area contributed by atoms with Crippen LogP contribution in [-0.4, -0.2) is 34.4 Å². The van der Waals surface area contributed by atoms with Crippen molar-refractivity contribution in [2.45, 2.75) is 38.0 Å². The molecule has 1 aliphatic heterocycles. The number of carbonyl (C=O) groups excluding carboxylic acids is 1. The van der Waals surface area contributed by atoms with E-state index in [1.165, 1.54) is 6.07 Å². The van der Waals surface area contributed by atoms with Gasteiger partial charge >= 0.3 is 6.18 Å². The summed E-state index contributed by atoms with van der Waals surface area (Å²) in [6.45, 7) is 2.48. The van der Waals surface area contributed by atoms with E-state index in [1.54, 1.807) is 6.92 Å². The Labute approximate surface area is 120 Å². The van der Waals surface area contributed by atoms with Crippen LogP contribution in [0.2, 0.25) is 0 Å². The zero-order chi connectivity index (χ0) is 15.2. The summed E-state index contributed by atoms with van der Waals surface area (Å²) in [5, 5.41) is 2.87. The molecule has 1 amide bonds. The monoisotopic (exact) mass is 299 g/mol. The number of carbonyl (C=O) groups is 1. The number of aromatic nitrogens is 1. The standard InChI is InChI=1S/C14H16F3N3O/c1-8(13(21)20-5-4-9-6-11(9)20)19-12-3-2-10(7-18-12)14(15,16)17/h2-3,7-9,11H,4-6H2,1H3,(H,18,19). The fourth-order valence-electron chi connectivity index (χ4n) is 2.85. The predicted molar refractivity (Wildman–Crippen MR) is 70.5 cm³/mol. The predicted octanol–water partition coefficient (Wildman–Crippen LogP) is 2.52. The van der Waals surface area contributed by atoms with Crippen molar-refractivity contribution in [2.24, 2.45) is 5.92 Å². The molecule has 3 unspecified atom stereocenters. The van der Waals surface area contributed by atoms with Gasteiger partial charge in [-0.1, -0.05) is 0 Å². The van der Waals surface area contributed by atoms with Crippen LogP contribution in [-0.2, 0) is 11.0 Å². The van der Waals surface area contributed by atoms with Gasteiger partial charge in [-0.2, -0.15) is 13.2 Å². The number of alkyl halides is 3. The van der Waals surface area contributed by atoms with Gasteiger partial charge in [0.05, 0.1) is 5.56 Å². The lowest BCUT2D eigenvalue weighted by Crippen LogP contribution is -2.41. The number of fused-ring (bicyclic) bond motifs is 1. The highest BCUT2D eigenvalue weighted by atomic mass is 19.4. The Bertz CT molecular complexity index is 543. The number of nitrogens with one attached hydrogen (secondary N) is 1. The van der Waals surface area contributed by atoms with E-state index in [0.717, 1.165) is 31.6 Å². The molecule has 4 nitrogen and oxygen atoms in total. The zero-order valence-electron chi connectivity index (χ0n) is 11.5. The molecule has 1 N–H and O–H groups in total. The van der Waals surface area contributed by atoms with Crippen LogP contribution in [0, 0.1) is 5.92 Å². The molecule has 0 spiro atoms. The van der Waals surface area contributed by atoms with Crippen molar-refractivity contribution >= 4 is 11.7 Å². The summed E-state index contributed by atoms with van der Waals surface area (Å²) < 4.78 is 37.3. The van der Waals surface area contributed by atoms with E-state index >= 15 is 0 Å². The molecule has 3 atom stereocenters. The molecular formula is C14H16F3N3O. The normalized spacial score (nSPS) is 25.4. The second kappa shape index (κ2) is 4.89. The third-order valence-corrected chi connectivity index (χ3v) is 4.14. The molecule has 7 heteroatoms. The second-order valence-electron chi connectivity index (χ2n) is 5.68. The molecule has 1 saturated heterocycles. The Hall–Kier alpha value is -1.79. The maximum absolute atomic E-state index is 12.4. The summed E-state index contributed by atoms with van der Waals surface area (Å²) in [6, 6.07) is 2.09. The summed E-state index contributed by atoms with van der Waals surface area (Å²) >= 11 is 0. The molecule has 0 radical (unpaired) electrons. The smallest absolute Gasteiger partial charge is 0.359 e. The van der Waals surface area contributed by atoms with E-state index < -0.39 is 17.8 Å². The number of piperidine rings is 1. The minimum absolute atomic E-state index is 0.0123. The molecule has 0 bridgehead atoms. The van der Waals surface area contributed by atoms with Gasteiger partial charge in [0.1, 0.15) is 11.9 Å². The number of hydrogen-bond acceptors (Lipinski definition) is 3. The highest BCUT2D eigenvalue weighted by molar-refractivity contribution is 5.85. The highest BCUT2D eigenvalue weighted by Crippen LogP contribution is 2.44. The molecule has 1 saturated carbocycles. The number of pyridine rings is 1. The minimum atomic E-state index is -4.40. The lowest BCUT2D eigenvalue weighted by molar-refractivity contribution is -0.137. The Morgan fingerprint density at radius 1 is 1.48 bits per heavy atom. The number of hydrogen-bond donors (Lipinski definition) is 1. The number of likely N-dealkylation sites (tertiary alicyclic amines) is 1. The number of anilines is 1. The van der Waals surface area contributed by atoms with Crippen LogP contribution in [0.3, 0.4) is 0 Å². The van der Waals surface area contributed by atoms with Gasteiger partial charge in [-0.15, -0.1) is 0 Å². The number of halogens is 3. The van der Waals surface area contributed by atoms with E-state index in [2.05, 4.69) is 10.3 Å². The van der Waals surface area contributed by atoms with E-state index in [1.807, 2.05) is 4.90 Å². The molecule has 21 heavy (non-hydrogen) atoms. The van der Waals surface area contributed by atoms with Crippen LogP contribution in [0.25, 0.3) is 0 Å². The fraction of sp³-hybridized carbons (Fsp3) is 0.571. The third kappa shape index (κ3) is 2.82. The van der Waals surface area contributed by atoms with Crippen LogP contribution in [0.15, 0.2) is 18.3 Å². The van der Waals surface area contributed by atoms with Crippen molar-refractivity contribution < 1.29 is 18.0 Å². The molecule has 0 aromatic carbocycles. The van der Waals surface area contributed by atoms with Gasteiger partial charge in [0, 0.05) is 18.8 Å². The summed E-state index contributed by atoms with van der Waals surface area (Å²) in [5.74, 6) is 0.919. The Kier molecular flexibility index (Phi) is 3.30. The lowest BCUT2D eigenvalue weighted by atomic mass is 10.2. The number of amides is 1. The number of nitrogens with zero attached hydrogens (tertiary/aromatic N) is 2. The average molecular weight is 299 g/mol. The van der Waals surface area contributed by atoms with Crippen molar-refractivity contribution in [2.75, 3.05) is 11.9 Å². The molecule has 2 fully saturated rings. The Morgan fingerprint density at radius 2 is 2.24 bits per heavy atom. The molecule has 114 valence electrons. The zero-order valence-corrected chi connectivity index (χ0v) is 11.5. The summed E-state index contributed by atoms with van der Waals surface area (Å²) in [7, 11) is 0. The largest absolute Gasteiger partial charge is 0.417 e. The van der Waals surface area contributed by atoms with Gasteiger partial charge in [-0.25, -0.2) is 4.98 Å². The topological polar surface area (TPSA) is 45.2 Å². The third-order valence-electron chi connectivity index (χ3n) is 4.14. The SMILES string of the molecule is CC(Nc1ccc(C(F)(F)F)cn1)C(=O)N1CCC2CC21. The molecule has 2 heterocycles. The average Bonchev–Trinajstić information content (AvgIpc) is 3.09. The molecule has 1 aliphatic carbocycles. The second-order valence-corrected chi connectivity index (χ2v) is 5.68. The Morgan fingerprint density at radius 3 is 2.71 bits per heavy atom. The van der Waals surface area contributed by atoms with Gasteiger partial charge in [-0.05, 0) is 37.8 Å². The summed E-state index contributed by atoms with van der Waals surface area (Å²) in [4.78, 5) is 17.9. The quantitative estimate of drug-likeness (QED) is 0.933. The number of rotatable bonds is 3. The van der Waals surface area contributed by atoms with Crippen molar-refractivity contribution in [3.05, 3.63) is 23.9 Å². The molecular weight excluding hydrogens is 283 g/mol. The summed E-state index contributed by atoms with van der Waals surface area (Å²) in [6.07, 6.45) is -1.49. The van der Waals surface area contributed by atoms with Gasteiger partial charge in [0.25, 0.3) is 0 Å². The highest BCUT2D eigenvalue weighted by Gasteiger charge is 2.49. The first-order valence-corrected chi connectivity index (χ1v) is 6.96. The Balaban J connectivity index is 1.61. The van der Waals surface area contributed by atoms with Crippen molar-refractivity contribution in [3.8, 4) is 0 Å². The van der Waals surface area contributed by atoms with Crippen LogP contribution in [0.1, 0.15) is 25.3 Å². The van der Waals surface area contributed by atoms with Gasteiger partial charge in [0.2, 0.25) is 5.91 Å². The lowest BCUT2D eigenvalue weighted by Gasteiger charge is -2.23. The van der Waals surface area contributed by atoms with Crippen LogP contribution >= 0.6 is 0 Å². The first-order chi connectivity index (χ1) is 9.86. The maximum atomic E-state index is 12.4. The van der Waals surface area contributed by atoms with E-state index in [9.17, 15) is 18.0 Å². The summed E-state index contributed by atoms with van der Waals surface area (Å²) in [5.41, 5.74) is -0.799. The fourth-order valence-corrected chi connectivity index (χ4v) is 2.85. The van der Waals surface area contributed by atoms with E-state index in [0.29, 0.717) is 12.0 Å². The van der Waals surface area contributed by atoms with Crippen LogP contribution in [0.4, 0.5) is 19.0 Å². The maximum Gasteiger partial charge on any atom is 0.417 e. The first kappa shape index (κ1) is 14.2. The van der Waals surface area contributed by atoms with Gasteiger partial charge in [0.15, 0.2) is 0 Å². The van der Waals surface area contributed by atoms with Crippen molar-refractivity contribution in [3.63, 3.8) is 0 Å². The van der Waals surface area contributed by atoms with Crippen LogP contribution in [0.5, 0.6) is 0 Å². The van der Waals surface area contributed by atoms with E-state index in [-0.39, 0.29) is 11.7 Å². The first-order valence-electron chi connectivity index (χ1n) is 6.96. The van der Waals surface area contributed by atoms with Crippen molar-refractivity contribution in [1.29, 1.82) is 0 Å². The van der Waals surface area contributed by atoms with E-state index in [4.69, 9.17) is 0 Å². The molecule has 1 aromatic heterocycles. The van der Waals surface area contributed by atoms with Gasteiger partial charge < -0.3 is 10.2 Å². The van der Waals surface area contributed by atoms with Crippen LogP contribution < -0.4 is 5.32 Å². The minimum Gasteiger partial charge on any atom is -0.359 e. The van der Waals surface area contributed by atoms with Crippen molar-refractivity contribution in [1.82, 2.24) is 9.88 Å². The van der Waals surface area contributed by atoms with Gasteiger partial charge in [-0.3, -0.25) is 4.79 Å².